The van der Waals surface area contributed by atoms with Gasteiger partial charge in [-0.2, -0.15) is 13.8 Å². The van der Waals surface area contributed by atoms with E-state index in [0.29, 0.717) is 65.4 Å². The number of alkyl carbamates (subject to hydrolysis) is 1. The van der Waals surface area contributed by atoms with Crippen LogP contribution < -0.4 is 133 Å². The van der Waals surface area contributed by atoms with E-state index in [1.165, 1.54) is 28.4 Å². The molecule has 0 unspecified atom stereocenters. The van der Waals surface area contributed by atoms with Crippen LogP contribution in [-0.2, 0) is 35.2 Å². The van der Waals surface area contributed by atoms with E-state index in [2.05, 4.69) is 38.0 Å². The normalized spacial score (nSPS) is 13.5. The predicted octanol–water partition coefficient (Wildman–Crippen LogP) is -1.81. The summed E-state index contributed by atoms with van der Waals surface area (Å²) < 4.78 is 31.2. The van der Waals surface area contributed by atoms with Crippen LogP contribution in [0.15, 0.2) is 173 Å². The molecule has 6 aromatic carbocycles. The number of aliphatic hydroxyl groups excluding tert-OH is 1. The van der Waals surface area contributed by atoms with Crippen molar-refractivity contribution < 1.29 is 171 Å². The molecule has 1 fully saturated rings. The van der Waals surface area contributed by atoms with Crippen molar-refractivity contribution in [3.63, 3.8) is 0 Å². The summed E-state index contributed by atoms with van der Waals surface area (Å²) in [7, 11) is 9.09. The van der Waals surface area contributed by atoms with Crippen LogP contribution in [0.4, 0.5) is 4.79 Å². The first-order chi connectivity index (χ1) is 44.9. The van der Waals surface area contributed by atoms with Gasteiger partial charge < -0.3 is 82.1 Å². The predicted molar refractivity (Wildman–Crippen MR) is 390 cm³/mol. The Kier molecular flexibility index (Phi) is 61.4. The largest absolute Gasteiger partial charge is 2.00 e. The Labute approximate surface area is 711 Å². The van der Waals surface area contributed by atoms with Crippen molar-refractivity contribution in [3.05, 3.63) is 234 Å². The molecule has 30 heteroatoms. The van der Waals surface area contributed by atoms with Gasteiger partial charge in [-0.05, 0) is 107 Å². The number of amides is 2. The second-order valence-corrected chi connectivity index (χ2v) is 23.1. The number of aliphatic hydroxyl groups is 1. The van der Waals surface area contributed by atoms with Crippen molar-refractivity contribution in [2.24, 2.45) is 5.92 Å². The molecular formula is C71H86BBrCl6LiMgN4Na2O14+. The number of methoxy groups -OCH3 is 4. The Morgan fingerprint density at radius 2 is 1.17 bits per heavy atom. The van der Waals surface area contributed by atoms with Gasteiger partial charge in [0.15, 0.2) is 26.9 Å². The molecule has 1 aliphatic carbocycles. The fourth-order valence-electron chi connectivity index (χ4n) is 8.23. The first-order valence-corrected chi connectivity index (χ1v) is 31.7. The monoisotopic (exact) mass is 1600 g/mol. The zero-order valence-electron chi connectivity index (χ0n) is 59.9. The summed E-state index contributed by atoms with van der Waals surface area (Å²) in [5, 5.41) is 22.1. The Morgan fingerprint density at radius 3 is 1.60 bits per heavy atom. The molecule has 8 rings (SSSR count). The van der Waals surface area contributed by atoms with E-state index in [1.54, 1.807) is 125 Å². The van der Waals surface area contributed by atoms with Crippen LogP contribution in [-0.4, -0.2) is 151 Å². The Hall–Kier alpha value is -3.64. The van der Waals surface area contributed by atoms with Gasteiger partial charge in [0.05, 0.1) is 100 Å². The number of halogens is 7. The second kappa shape index (κ2) is 58.5. The molecule has 0 bridgehead atoms. The number of hydrogen-bond acceptors (Lipinski definition) is 16. The van der Waals surface area contributed by atoms with Gasteiger partial charge in [0.2, 0.25) is 5.91 Å². The molecule has 1 heterocycles. The van der Waals surface area contributed by atoms with Gasteiger partial charge in [0.25, 0.3) is 5.76 Å². The Balaban J connectivity index is -0.000000279. The summed E-state index contributed by atoms with van der Waals surface area (Å²) >= 11 is 27.1. The van der Waals surface area contributed by atoms with E-state index < -0.39 is 30.1 Å². The molecule has 101 heavy (non-hydrogen) atoms. The zero-order valence-corrected chi connectivity index (χ0v) is 70.5. The topological polar surface area (TPSA) is 227 Å². The van der Waals surface area contributed by atoms with Crippen LogP contribution in [0.1, 0.15) is 109 Å². The molecule has 0 radical (unpaired) electrons. The zero-order chi connectivity index (χ0) is 69.9. The minimum Gasteiger partial charge on any atom is -1.00 e. The molecule has 0 spiro atoms. The van der Waals surface area contributed by atoms with E-state index in [1.807, 2.05) is 94.8 Å². The van der Waals surface area contributed by atoms with Gasteiger partial charge in [-0.3, -0.25) is 28.8 Å². The number of carbonyl (C=O) groups excluding carboxylic acids is 6. The van der Waals surface area contributed by atoms with Gasteiger partial charge >= 0.3 is 113 Å². The maximum absolute atomic E-state index is 12.4. The molecular weight excluding hydrogens is 1510 g/mol. The molecule has 0 saturated carbocycles. The molecule has 2 amide bonds. The number of esters is 1. The number of hydroxylamine groups is 2. The van der Waals surface area contributed by atoms with Crippen molar-refractivity contribution in [3.8, 4) is 17.2 Å². The number of rotatable bonds is 23. The van der Waals surface area contributed by atoms with E-state index >= 15 is 0 Å². The van der Waals surface area contributed by atoms with Crippen molar-refractivity contribution >= 4 is 129 Å². The summed E-state index contributed by atoms with van der Waals surface area (Å²) in [6, 6.07) is 41.9. The van der Waals surface area contributed by atoms with Gasteiger partial charge in [-0.1, -0.05) is 153 Å². The van der Waals surface area contributed by atoms with Crippen LogP contribution in [0.25, 0.3) is 0 Å². The number of nitrogens with zero attached hydrogens (tertiary/aromatic N) is 1. The smallest absolute Gasteiger partial charge is 1.00 e. The average molecular weight is 1600 g/mol. The average Bonchev–Trinajstić information content (AvgIpc) is 1.68. The van der Waals surface area contributed by atoms with Crippen LogP contribution in [0.3, 0.4) is 0 Å². The van der Waals surface area contributed by atoms with Crippen LogP contribution in [0.2, 0.25) is 15.1 Å². The summed E-state index contributed by atoms with van der Waals surface area (Å²) in [4.78, 5) is 75.6. The van der Waals surface area contributed by atoms with Crippen molar-refractivity contribution in [2.45, 2.75) is 84.9 Å². The molecule has 18 nitrogen and oxygen atoms in total. The fourth-order valence-corrected chi connectivity index (χ4v) is 9.73. The van der Waals surface area contributed by atoms with Crippen molar-refractivity contribution in [1.82, 2.24) is 21.0 Å². The number of ketones is 3. The van der Waals surface area contributed by atoms with Crippen molar-refractivity contribution in [1.29, 1.82) is 0 Å². The van der Waals surface area contributed by atoms with E-state index in [4.69, 9.17) is 79.7 Å². The van der Waals surface area contributed by atoms with E-state index in [0.717, 1.165) is 20.7 Å². The van der Waals surface area contributed by atoms with E-state index in [-0.39, 0.29) is 203 Å². The molecule has 530 valence electrons. The third kappa shape index (κ3) is 38.5. The van der Waals surface area contributed by atoms with Gasteiger partial charge in [0, 0.05) is 35.7 Å². The summed E-state index contributed by atoms with van der Waals surface area (Å²) in [5.41, 5.74) is 4.19. The molecule has 1 saturated heterocycles. The third-order valence-corrected chi connectivity index (χ3v) is 15.1. The maximum atomic E-state index is 12.4. The number of cyclic esters (lactones) is 1. The number of hydrogen-bond donors (Lipinski definition) is 4. The van der Waals surface area contributed by atoms with Gasteiger partial charge in [0.1, 0.15) is 36.0 Å². The molecule has 2 aliphatic rings. The van der Waals surface area contributed by atoms with E-state index in [9.17, 15) is 33.9 Å². The standard InChI is InChI=1S/C18H20ClNO3.C18H18ClNO3.C14H19NO4.C11H12ClNO3.C7H5BrClO.C3H7.BH4.2ClH.Li.Mg.2Na.H/c2*1-12(20-11-16(21)13-6-4-3-5-7-13)18(22)14-8-9-17(23-2)15(19)10-14;1-11(14(17)15(2)18-3)9-13(16)19-10-12-7-5-4-6-8-12;1-6-10(16-11(14)13-6)7-3-4-9(15-2)8(12)5-7;1-10-7-3-2-5(8)4-6(7)9;1-3-2;;;;;;;;/h3-10,12,18,20,22H,11H2,1-2H3;3-10,12,20H,11H2,1-2H3;4-8,11H,9-10H2,1-3H3;3-6,10H,1-2H3,(H,13,14);3-4H,1H3;3H,1-2H3;1H4;2*1H;;;;;/q;;;;+1;2*-1;;;+1;+2;2*+1;-1/p-2/t12-,18-;12-;11-;6-,10-;;;;;;;;;;/m0010........../s1. The number of benzene rings is 6. The molecule has 0 aromatic heterocycles. The first-order valence-electron chi connectivity index (χ1n) is 29.4. The van der Waals surface area contributed by atoms with Crippen LogP contribution in [0, 0.1) is 18.4 Å². The number of nitrogens with one attached hydrogen (secondary N) is 3. The van der Waals surface area contributed by atoms with Crippen LogP contribution in [0.5, 0.6) is 17.2 Å². The fraction of sp³-hybridized carbons (Fsp3) is 0.310. The third-order valence-electron chi connectivity index (χ3n) is 13.5. The quantitative estimate of drug-likeness (QED) is 0.0183. The molecule has 1 aliphatic heterocycles. The van der Waals surface area contributed by atoms with Gasteiger partial charge in [-0.15, -0.1) is 0 Å². The molecule has 6 aromatic rings. The van der Waals surface area contributed by atoms with Gasteiger partial charge in [-0.25, -0.2) is 9.86 Å². The Morgan fingerprint density at radius 1 is 0.703 bits per heavy atom. The molecule has 6 atom stereocenters. The first kappa shape index (κ1) is 106. The number of ether oxygens (including phenoxy) is 6. The minimum atomic E-state index is -0.776. The molecule has 4 N–H and O–H groups in total. The minimum absolute atomic E-state index is 0. The Bertz CT molecular complexity index is 3530. The number of Topliss-reactive ketones (excluding diaryl/α,β-unsaturated/α-hetero) is 3. The number of carbonyl (C=O) groups is 6. The number of allylic oxidation sites excluding steroid dienone is 5. The summed E-state index contributed by atoms with van der Waals surface area (Å²) in [5.74, 6) is 1.01. The summed E-state index contributed by atoms with van der Waals surface area (Å²) in [6.07, 6.45) is 6.89. The maximum Gasteiger partial charge on any atom is 2.00 e. The SMILES string of the molecule is COC1=C(Cl)C=C(Br)[C+]=C1.CON(C)C(=O)[C@H](C)CC(=O)OCc1ccccc1.COc1ccc(C(=O)[C@H](C)NCC(=O)c2ccccc2)cc1Cl.COc1ccc([C@@H](O)[C@H](C)NCC(=O)c2ccccc2)cc1Cl.COc1ccc([C@H]2OC(=O)N[C@H]2C)cc1Cl.C[CH-]C.[BH4-].[Cl-].[Cl-].[H-].[Li+].[Mg+2].[Na+].[Na+]. The van der Waals surface area contributed by atoms with Crippen LogP contribution >= 0.6 is 62.3 Å². The second-order valence-electron chi connectivity index (χ2n) is 20.6. The summed E-state index contributed by atoms with van der Waals surface area (Å²) in [6.45, 7) is 11.6. The van der Waals surface area contributed by atoms with Crippen molar-refractivity contribution in [2.75, 3.05) is 55.7 Å².